The molecule has 114 valence electrons. The van der Waals surface area contributed by atoms with Gasteiger partial charge in [0.1, 0.15) is 0 Å². The first-order valence-corrected chi connectivity index (χ1v) is 9.10. The number of rotatable bonds is 4. The third-order valence-electron chi connectivity index (χ3n) is 3.95. The van der Waals surface area contributed by atoms with Crippen LogP contribution in [0.3, 0.4) is 0 Å². The summed E-state index contributed by atoms with van der Waals surface area (Å²) in [5, 5.41) is -0.0483. The Labute approximate surface area is 140 Å². The van der Waals surface area contributed by atoms with Crippen LogP contribution in [0.15, 0.2) is 59.5 Å². The Morgan fingerprint density at radius 2 is 1.77 bits per heavy atom. The summed E-state index contributed by atoms with van der Waals surface area (Å²) in [6.07, 6.45) is 0. The average molecular weight is 352 g/mol. The molecule has 0 bridgehead atoms. The van der Waals surface area contributed by atoms with E-state index in [1.807, 2.05) is 6.07 Å². The summed E-state index contributed by atoms with van der Waals surface area (Å²) in [4.78, 5) is 0.528. The molecule has 0 aromatic heterocycles. The number of hydrogen-bond donors (Lipinski definition) is 1. The van der Waals surface area contributed by atoms with Gasteiger partial charge in [0.2, 0.25) is 0 Å². The molecule has 0 radical (unpaired) electrons. The molecule has 3 atom stereocenters. The maximum absolute atomic E-state index is 12.8. The number of hydrogen-bond acceptors (Lipinski definition) is 3. The van der Waals surface area contributed by atoms with Crippen molar-refractivity contribution in [3.8, 4) is 0 Å². The second-order valence-corrected chi connectivity index (χ2v) is 8.35. The van der Waals surface area contributed by atoms with Crippen molar-refractivity contribution in [2.75, 3.05) is 0 Å². The van der Waals surface area contributed by atoms with Crippen molar-refractivity contribution in [1.82, 2.24) is 0 Å². The molecule has 1 fully saturated rings. The van der Waals surface area contributed by atoms with Crippen molar-refractivity contribution in [3.63, 3.8) is 0 Å². The summed E-state index contributed by atoms with van der Waals surface area (Å²) in [7, 11) is -3.48. The predicted octanol–water partition coefficient (Wildman–Crippen LogP) is 3.18. The van der Waals surface area contributed by atoms with E-state index in [0.29, 0.717) is 9.92 Å². The van der Waals surface area contributed by atoms with Crippen LogP contribution >= 0.6 is 23.8 Å². The van der Waals surface area contributed by atoms with E-state index in [9.17, 15) is 8.42 Å². The molecule has 2 aromatic rings. The van der Waals surface area contributed by atoms with Crippen molar-refractivity contribution in [2.45, 2.75) is 16.1 Å². The highest BCUT2D eigenvalue weighted by atomic mass is 35.5. The van der Waals surface area contributed by atoms with Gasteiger partial charge in [-0.15, -0.1) is 0 Å². The molecule has 0 saturated heterocycles. The van der Waals surface area contributed by atoms with Gasteiger partial charge in [-0.1, -0.05) is 54.2 Å². The zero-order valence-electron chi connectivity index (χ0n) is 11.5. The SMILES string of the molecule is NC(=S)[C@@H]1[C@H](c2cccc(Cl)c2)[C@@H]1S(=O)(=O)c1ccccc1. The van der Waals surface area contributed by atoms with Crippen LogP contribution < -0.4 is 5.73 Å². The first-order chi connectivity index (χ1) is 10.4. The molecule has 0 amide bonds. The lowest BCUT2D eigenvalue weighted by Crippen LogP contribution is -2.17. The lowest BCUT2D eigenvalue weighted by molar-refractivity contribution is 0.593. The van der Waals surface area contributed by atoms with Crippen molar-refractivity contribution >= 4 is 38.6 Å². The van der Waals surface area contributed by atoms with E-state index in [1.54, 1.807) is 48.5 Å². The Bertz CT molecular complexity index is 821. The van der Waals surface area contributed by atoms with Crippen LogP contribution in [0, 0.1) is 5.92 Å². The molecule has 1 aliphatic carbocycles. The highest BCUT2D eigenvalue weighted by molar-refractivity contribution is 7.92. The highest BCUT2D eigenvalue weighted by Gasteiger charge is 2.60. The van der Waals surface area contributed by atoms with Gasteiger partial charge in [-0.2, -0.15) is 0 Å². The molecule has 0 aliphatic heterocycles. The summed E-state index contributed by atoms with van der Waals surface area (Å²) in [6, 6.07) is 15.6. The Morgan fingerprint density at radius 3 is 2.36 bits per heavy atom. The molecule has 0 heterocycles. The van der Waals surface area contributed by atoms with Crippen LogP contribution in [0.2, 0.25) is 5.02 Å². The maximum Gasteiger partial charge on any atom is 0.182 e. The lowest BCUT2D eigenvalue weighted by Gasteiger charge is -2.04. The van der Waals surface area contributed by atoms with Gasteiger partial charge in [-0.25, -0.2) is 8.42 Å². The van der Waals surface area contributed by atoms with Gasteiger partial charge in [-0.05, 0) is 29.8 Å². The number of halogens is 1. The first-order valence-electron chi connectivity index (χ1n) is 6.76. The Balaban J connectivity index is 2.01. The minimum absolute atomic E-state index is 0.231. The largest absolute Gasteiger partial charge is 0.393 e. The van der Waals surface area contributed by atoms with Gasteiger partial charge in [0.05, 0.1) is 15.1 Å². The summed E-state index contributed by atoms with van der Waals surface area (Å²) in [5.74, 6) is -0.583. The Kier molecular flexibility index (Phi) is 3.97. The van der Waals surface area contributed by atoms with Crippen LogP contribution in [0.25, 0.3) is 0 Å². The van der Waals surface area contributed by atoms with Crippen molar-refractivity contribution in [2.24, 2.45) is 11.7 Å². The molecule has 6 heteroatoms. The number of benzene rings is 2. The molecule has 2 N–H and O–H groups in total. The van der Waals surface area contributed by atoms with Crippen LogP contribution in [0.5, 0.6) is 0 Å². The van der Waals surface area contributed by atoms with Gasteiger partial charge in [-0.3, -0.25) is 0 Å². The van der Waals surface area contributed by atoms with E-state index in [1.165, 1.54) is 0 Å². The molecular formula is C16H14ClNO2S2. The molecule has 0 unspecified atom stereocenters. The molecule has 22 heavy (non-hydrogen) atoms. The highest BCUT2D eigenvalue weighted by Crippen LogP contribution is 2.54. The maximum atomic E-state index is 12.8. The van der Waals surface area contributed by atoms with E-state index in [4.69, 9.17) is 29.6 Å². The predicted molar refractivity (Wildman–Crippen MR) is 91.9 cm³/mol. The van der Waals surface area contributed by atoms with Crippen LogP contribution in [0.1, 0.15) is 11.5 Å². The summed E-state index contributed by atoms with van der Waals surface area (Å²) < 4.78 is 25.7. The minimum atomic E-state index is -3.48. The molecule has 1 aliphatic rings. The molecule has 2 aromatic carbocycles. The second-order valence-electron chi connectivity index (χ2n) is 5.33. The van der Waals surface area contributed by atoms with Crippen molar-refractivity contribution in [3.05, 3.63) is 65.2 Å². The fourth-order valence-electron chi connectivity index (χ4n) is 2.89. The Hall–Kier alpha value is -1.43. The fourth-order valence-corrected chi connectivity index (χ4v) is 5.64. The second kappa shape index (κ2) is 5.65. The van der Waals surface area contributed by atoms with Crippen LogP contribution in [0.4, 0.5) is 0 Å². The van der Waals surface area contributed by atoms with Crippen molar-refractivity contribution in [1.29, 1.82) is 0 Å². The Morgan fingerprint density at radius 1 is 1.09 bits per heavy atom. The van der Waals surface area contributed by atoms with Crippen LogP contribution in [-0.2, 0) is 9.84 Å². The zero-order valence-corrected chi connectivity index (χ0v) is 13.9. The molecule has 0 spiro atoms. The van der Waals surface area contributed by atoms with E-state index in [2.05, 4.69) is 0 Å². The van der Waals surface area contributed by atoms with Gasteiger partial charge < -0.3 is 5.73 Å². The monoisotopic (exact) mass is 351 g/mol. The molecule has 3 rings (SSSR count). The molecular weight excluding hydrogens is 338 g/mol. The topological polar surface area (TPSA) is 60.2 Å². The summed E-state index contributed by atoms with van der Waals surface area (Å²) in [5.41, 5.74) is 6.62. The lowest BCUT2D eigenvalue weighted by atomic mass is 10.1. The van der Waals surface area contributed by atoms with Gasteiger partial charge in [0, 0.05) is 16.9 Å². The zero-order chi connectivity index (χ0) is 15.9. The van der Waals surface area contributed by atoms with Gasteiger partial charge >= 0.3 is 0 Å². The van der Waals surface area contributed by atoms with E-state index < -0.39 is 15.1 Å². The number of thiocarbonyl (C=S) groups is 1. The van der Waals surface area contributed by atoms with Crippen molar-refractivity contribution < 1.29 is 8.42 Å². The third-order valence-corrected chi connectivity index (χ3v) is 6.69. The third kappa shape index (κ3) is 2.64. The average Bonchev–Trinajstić information content (AvgIpc) is 3.25. The normalized spacial score (nSPS) is 24.0. The molecule has 3 nitrogen and oxygen atoms in total. The number of nitrogens with two attached hydrogens (primary N) is 1. The summed E-state index contributed by atoms with van der Waals surface area (Å²) >= 11 is 11.1. The number of sulfone groups is 1. The summed E-state index contributed by atoms with van der Waals surface area (Å²) in [6.45, 7) is 0. The van der Waals surface area contributed by atoms with E-state index >= 15 is 0 Å². The standard InChI is InChI=1S/C16H14ClNO2S2/c17-11-6-4-5-10(9-11)13-14(16(18)21)15(13)22(19,20)12-7-2-1-3-8-12/h1-9,13-15H,(H2,18,21)/t13-,14+,15-/m0/s1. The smallest absolute Gasteiger partial charge is 0.182 e. The first kappa shape index (κ1) is 15.5. The van der Waals surface area contributed by atoms with E-state index in [-0.39, 0.29) is 16.8 Å². The van der Waals surface area contributed by atoms with Crippen LogP contribution in [-0.4, -0.2) is 18.7 Å². The quantitative estimate of drug-likeness (QED) is 0.859. The minimum Gasteiger partial charge on any atom is -0.393 e. The fraction of sp³-hybridized carbons (Fsp3) is 0.188. The van der Waals surface area contributed by atoms with E-state index in [0.717, 1.165) is 5.56 Å². The molecule has 1 saturated carbocycles. The van der Waals surface area contributed by atoms with Gasteiger partial charge in [0.15, 0.2) is 9.84 Å². The van der Waals surface area contributed by atoms with Gasteiger partial charge in [0.25, 0.3) is 0 Å².